The second kappa shape index (κ2) is 5.46. The number of rotatable bonds is 4. The average Bonchev–Trinajstić information content (AvgIpc) is 2.97. The third-order valence-corrected chi connectivity index (χ3v) is 3.89. The minimum atomic E-state index is 0.545. The molecule has 1 N–H and O–H groups in total. The van der Waals surface area contributed by atoms with E-state index in [2.05, 4.69) is 29.1 Å². The number of ether oxygens (including phenoxy) is 1. The third-order valence-electron chi connectivity index (χ3n) is 3.60. The smallest absolute Gasteiger partial charge is 0.184 e. The quantitative estimate of drug-likeness (QED) is 0.753. The molecule has 3 rings (SSSR count). The van der Waals surface area contributed by atoms with E-state index in [1.54, 1.807) is 7.11 Å². The largest absolute Gasteiger partial charge is 0.380 e. The van der Waals surface area contributed by atoms with Crippen LogP contribution in [0.25, 0.3) is 16.9 Å². The molecule has 6 heteroatoms. The number of benzene rings is 1. The number of nitrogens with zero attached hydrogens (tertiary/aromatic N) is 3. The van der Waals surface area contributed by atoms with Crippen molar-refractivity contribution in [3.8, 4) is 5.69 Å². The maximum atomic E-state index is 5.53. The van der Waals surface area contributed by atoms with Gasteiger partial charge in [0.25, 0.3) is 0 Å². The molecule has 0 saturated carbocycles. The second-order valence-corrected chi connectivity index (χ2v) is 5.34. The lowest BCUT2D eigenvalue weighted by Crippen LogP contribution is -2.04. The Labute approximate surface area is 128 Å². The van der Waals surface area contributed by atoms with Crippen molar-refractivity contribution in [2.24, 2.45) is 7.05 Å². The van der Waals surface area contributed by atoms with Crippen molar-refractivity contribution >= 4 is 23.4 Å². The van der Waals surface area contributed by atoms with Gasteiger partial charge in [-0.05, 0) is 24.7 Å². The van der Waals surface area contributed by atoms with E-state index in [1.165, 1.54) is 0 Å². The molecule has 0 atom stereocenters. The molecular weight excluding hydrogens is 284 g/mol. The van der Waals surface area contributed by atoms with E-state index < -0.39 is 0 Å². The van der Waals surface area contributed by atoms with Crippen LogP contribution >= 0.6 is 12.2 Å². The van der Waals surface area contributed by atoms with Crippen LogP contribution in [-0.4, -0.2) is 26.4 Å². The Kier molecular flexibility index (Phi) is 3.65. The molecule has 2 aromatic heterocycles. The molecule has 2 heterocycles. The summed E-state index contributed by atoms with van der Waals surface area (Å²) in [7, 11) is 3.64. The van der Waals surface area contributed by atoms with Gasteiger partial charge in [0, 0.05) is 19.7 Å². The fourth-order valence-corrected chi connectivity index (χ4v) is 2.98. The van der Waals surface area contributed by atoms with Crippen molar-refractivity contribution in [1.29, 1.82) is 0 Å². The fourth-order valence-electron chi connectivity index (χ4n) is 2.69. The Morgan fingerprint density at radius 3 is 2.81 bits per heavy atom. The van der Waals surface area contributed by atoms with Gasteiger partial charge in [-0.15, -0.1) is 0 Å². The molecule has 0 aliphatic carbocycles. The summed E-state index contributed by atoms with van der Waals surface area (Å²) in [5.41, 5.74) is 5.15. The Morgan fingerprint density at radius 1 is 1.33 bits per heavy atom. The molecule has 0 aliphatic rings. The molecule has 0 spiro atoms. The first-order valence-electron chi connectivity index (χ1n) is 6.91. The molecule has 0 saturated heterocycles. The zero-order valence-electron chi connectivity index (χ0n) is 12.4. The number of imidazole rings is 1. The summed E-state index contributed by atoms with van der Waals surface area (Å²) < 4.78 is 9.88. The van der Waals surface area contributed by atoms with E-state index >= 15 is 0 Å². The molecule has 5 nitrogen and oxygen atoms in total. The van der Waals surface area contributed by atoms with Crippen molar-refractivity contribution < 1.29 is 4.74 Å². The van der Waals surface area contributed by atoms with E-state index in [-0.39, 0.29) is 0 Å². The number of aromatic nitrogens is 4. The van der Waals surface area contributed by atoms with Crippen LogP contribution in [0.2, 0.25) is 0 Å². The highest BCUT2D eigenvalue weighted by molar-refractivity contribution is 7.71. The van der Waals surface area contributed by atoms with E-state index in [9.17, 15) is 0 Å². The van der Waals surface area contributed by atoms with Crippen LogP contribution in [0.5, 0.6) is 0 Å². The van der Waals surface area contributed by atoms with Crippen LogP contribution in [-0.2, 0) is 24.8 Å². The van der Waals surface area contributed by atoms with Crippen molar-refractivity contribution in [3.63, 3.8) is 0 Å². The number of aryl methyl sites for hydroxylation is 2. The van der Waals surface area contributed by atoms with Crippen molar-refractivity contribution in [3.05, 3.63) is 40.3 Å². The molecule has 0 amide bonds. The summed E-state index contributed by atoms with van der Waals surface area (Å²) >= 11 is 5.53. The maximum absolute atomic E-state index is 5.53. The van der Waals surface area contributed by atoms with Crippen LogP contribution in [0.15, 0.2) is 24.3 Å². The predicted octanol–water partition coefficient (Wildman–Crippen LogP) is 3.13. The Bertz CT molecular complexity index is 843. The molecule has 0 radical (unpaired) electrons. The monoisotopic (exact) mass is 302 g/mol. The van der Waals surface area contributed by atoms with Crippen molar-refractivity contribution in [1.82, 2.24) is 19.3 Å². The standard InChI is InChI=1S/C15H18N4OS/c1-4-11-13-14(18(2)17-11)19(15(21)16-13)12-8-6-5-7-10(12)9-20-3/h5-8H,4,9H2,1-3H3,(H,16,21). The van der Waals surface area contributed by atoms with Crippen LogP contribution in [0, 0.1) is 4.77 Å². The number of nitrogens with one attached hydrogen (secondary N) is 1. The van der Waals surface area contributed by atoms with Crippen LogP contribution in [0.4, 0.5) is 0 Å². The first kappa shape index (κ1) is 14.0. The van der Waals surface area contributed by atoms with E-state index in [1.807, 2.05) is 28.4 Å². The Balaban J connectivity index is 2.33. The summed E-state index contributed by atoms with van der Waals surface area (Å²) in [6, 6.07) is 8.12. The molecule has 21 heavy (non-hydrogen) atoms. The predicted molar refractivity (Wildman–Crippen MR) is 85.3 cm³/mol. The van der Waals surface area contributed by atoms with Gasteiger partial charge < -0.3 is 9.72 Å². The number of H-pyrrole nitrogens is 1. The molecular formula is C15H18N4OS. The number of aromatic amines is 1. The molecule has 0 aliphatic heterocycles. The van der Waals surface area contributed by atoms with Gasteiger partial charge in [0.1, 0.15) is 5.52 Å². The van der Waals surface area contributed by atoms with Gasteiger partial charge in [-0.25, -0.2) is 4.68 Å². The van der Waals surface area contributed by atoms with Gasteiger partial charge in [-0.3, -0.25) is 4.57 Å². The first-order chi connectivity index (χ1) is 10.2. The lowest BCUT2D eigenvalue weighted by atomic mass is 10.2. The Morgan fingerprint density at radius 2 is 2.10 bits per heavy atom. The third kappa shape index (κ3) is 2.20. The van der Waals surface area contributed by atoms with Crippen molar-refractivity contribution in [2.75, 3.05) is 7.11 Å². The molecule has 0 unspecified atom stereocenters. The molecule has 1 aromatic carbocycles. The number of para-hydroxylation sites is 1. The highest BCUT2D eigenvalue weighted by Gasteiger charge is 2.16. The van der Waals surface area contributed by atoms with Gasteiger partial charge in [0.2, 0.25) is 0 Å². The zero-order valence-corrected chi connectivity index (χ0v) is 13.2. The summed E-state index contributed by atoms with van der Waals surface area (Å²) in [4.78, 5) is 3.29. The second-order valence-electron chi connectivity index (χ2n) is 4.95. The van der Waals surface area contributed by atoms with Crippen molar-refractivity contribution in [2.45, 2.75) is 20.0 Å². The van der Waals surface area contributed by atoms with Gasteiger partial charge in [0.05, 0.1) is 18.0 Å². The van der Waals surface area contributed by atoms with Crippen LogP contribution in [0.3, 0.4) is 0 Å². The highest BCUT2D eigenvalue weighted by Crippen LogP contribution is 2.24. The van der Waals surface area contributed by atoms with E-state index in [0.29, 0.717) is 11.4 Å². The van der Waals surface area contributed by atoms with Gasteiger partial charge in [-0.2, -0.15) is 5.10 Å². The number of hydrogen-bond donors (Lipinski definition) is 1. The Hall–Kier alpha value is -1.92. The summed E-state index contributed by atoms with van der Waals surface area (Å²) in [6.45, 7) is 2.64. The lowest BCUT2D eigenvalue weighted by molar-refractivity contribution is 0.185. The minimum Gasteiger partial charge on any atom is -0.380 e. The summed E-state index contributed by atoms with van der Waals surface area (Å²) in [5.74, 6) is 0. The van der Waals surface area contributed by atoms with Gasteiger partial charge in [0.15, 0.2) is 10.4 Å². The van der Waals surface area contributed by atoms with E-state index in [4.69, 9.17) is 17.0 Å². The lowest BCUT2D eigenvalue weighted by Gasteiger charge is -2.10. The topological polar surface area (TPSA) is 47.8 Å². The molecule has 0 bridgehead atoms. The molecule has 3 aromatic rings. The normalized spacial score (nSPS) is 11.4. The van der Waals surface area contributed by atoms with Gasteiger partial charge >= 0.3 is 0 Å². The maximum Gasteiger partial charge on any atom is 0.184 e. The number of fused-ring (bicyclic) bond motifs is 1. The number of hydrogen-bond acceptors (Lipinski definition) is 3. The molecule has 110 valence electrons. The summed E-state index contributed by atoms with van der Waals surface area (Å²) in [6.07, 6.45) is 0.867. The average molecular weight is 302 g/mol. The van der Waals surface area contributed by atoms with Gasteiger partial charge in [-0.1, -0.05) is 25.1 Å². The zero-order chi connectivity index (χ0) is 15.0. The first-order valence-corrected chi connectivity index (χ1v) is 7.32. The SMILES string of the molecule is CCc1nn(C)c2c1[nH]c(=S)n2-c1ccccc1COC. The van der Waals surface area contributed by atoms with E-state index in [0.717, 1.165) is 34.5 Å². The number of methoxy groups -OCH3 is 1. The van der Waals surface area contributed by atoms with Crippen LogP contribution < -0.4 is 0 Å². The minimum absolute atomic E-state index is 0.545. The molecule has 0 fully saturated rings. The highest BCUT2D eigenvalue weighted by atomic mass is 32.1. The van der Waals surface area contributed by atoms with Crippen LogP contribution in [0.1, 0.15) is 18.2 Å². The summed E-state index contributed by atoms with van der Waals surface area (Å²) in [5, 5.41) is 4.56. The fraction of sp³-hybridized carbons (Fsp3) is 0.333.